The quantitative estimate of drug-likeness (QED) is 0.708. The Kier molecular flexibility index (Phi) is 4.85. The number of nitrogens with one attached hydrogen (secondary N) is 1. The molecule has 1 rings (SSSR count). The first-order valence-corrected chi connectivity index (χ1v) is 5.50. The molecule has 0 aliphatic rings. The lowest BCUT2D eigenvalue weighted by atomic mass is 10.1. The lowest BCUT2D eigenvalue weighted by Gasteiger charge is -2.09. The highest BCUT2D eigenvalue weighted by Crippen LogP contribution is 2.13. The first-order chi connectivity index (χ1) is 8.51. The van der Waals surface area contributed by atoms with Crippen molar-refractivity contribution in [3.8, 4) is 0 Å². The normalized spacial score (nSPS) is 12.0. The third-order valence-corrected chi connectivity index (χ3v) is 2.42. The molecule has 1 aromatic rings. The van der Waals surface area contributed by atoms with Gasteiger partial charge in [-0.15, -0.1) is 0 Å². The maximum Gasteiger partial charge on any atom is 0.336 e. The van der Waals surface area contributed by atoms with E-state index in [1.807, 2.05) is 6.92 Å². The van der Waals surface area contributed by atoms with Gasteiger partial charge in [0, 0.05) is 0 Å². The summed E-state index contributed by atoms with van der Waals surface area (Å²) in [7, 11) is 1.16. The van der Waals surface area contributed by atoms with E-state index in [2.05, 4.69) is 15.2 Å². The number of nitrogens with zero attached hydrogens (tertiary/aromatic N) is 1. The number of rotatable bonds is 5. The monoisotopic (exact) mass is 256 g/mol. The van der Waals surface area contributed by atoms with Gasteiger partial charge in [-0.3, -0.25) is 4.79 Å². The molecule has 0 bridgehead atoms. The Bertz CT molecular complexity index is 441. The van der Waals surface area contributed by atoms with Gasteiger partial charge in [0.05, 0.1) is 19.3 Å². The molecule has 0 aliphatic heterocycles. The molecule has 18 heavy (non-hydrogen) atoms. The molecule has 100 valence electrons. The number of aryl methyl sites for hydroxylation is 2. The van der Waals surface area contributed by atoms with Gasteiger partial charge in [-0.25, -0.2) is 4.79 Å². The Hall–Kier alpha value is -1.89. The van der Waals surface area contributed by atoms with E-state index in [4.69, 9.17) is 4.52 Å². The molecule has 0 fully saturated rings. The summed E-state index contributed by atoms with van der Waals surface area (Å²) in [5.41, 5.74) is 0.882. The molecular formula is C11H16N2O5. The summed E-state index contributed by atoms with van der Waals surface area (Å²) in [6, 6.07) is 0. The molecule has 7 nitrogen and oxygen atoms in total. The van der Waals surface area contributed by atoms with Gasteiger partial charge < -0.3 is 19.7 Å². The van der Waals surface area contributed by atoms with Gasteiger partial charge in [0.25, 0.3) is 5.91 Å². The lowest BCUT2D eigenvalue weighted by molar-refractivity contribution is -0.149. The molecule has 0 aliphatic carbocycles. The second kappa shape index (κ2) is 6.15. The maximum atomic E-state index is 11.8. The molecule has 0 radical (unpaired) electrons. The minimum absolute atomic E-state index is 0.223. The van der Waals surface area contributed by atoms with Crippen molar-refractivity contribution in [3.63, 3.8) is 0 Å². The smallest absolute Gasteiger partial charge is 0.336 e. The Balaban J connectivity index is 2.66. The predicted molar refractivity (Wildman–Crippen MR) is 61.0 cm³/mol. The number of methoxy groups -OCH3 is 1. The fraction of sp³-hybridized carbons (Fsp3) is 0.545. The second-order valence-corrected chi connectivity index (χ2v) is 3.66. The van der Waals surface area contributed by atoms with Gasteiger partial charge in [-0.2, -0.15) is 0 Å². The molecular weight excluding hydrogens is 240 g/mol. The average Bonchev–Trinajstić information content (AvgIpc) is 2.75. The van der Waals surface area contributed by atoms with E-state index < -0.39 is 18.0 Å². The number of carbonyl (C=O) groups is 2. The molecule has 0 saturated heterocycles. The predicted octanol–water partition coefficient (Wildman–Crippen LogP) is -0.191. The van der Waals surface area contributed by atoms with E-state index in [0.29, 0.717) is 23.4 Å². The Morgan fingerprint density at radius 1 is 1.56 bits per heavy atom. The van der Waals surface area contributed by atoms with E-state index in [1.54, 1.807) is 6.92 Å². The third kappa shape index (κ3) is 3.07. The van der Waals surface area contributed by atoms with Crippen molar-refractivity contribution in [2.45, 2.75) is 26.4 Å². The van der Waals surface area contributed by atoms with Crippen LogP contribution in [0.3, 0.4) is 0 Å². The van der Waals surface area contributed by atoms with Crippen molar-refractivity contribution in [1.29, 1.82) is 0 Å². The topological polar surface area (TPSA) is 102 Å². The number of hydrogen-bond donors (Lipinski definition) is 2. The third-order valence-electron chi connectivity index (χ3n) is 2.42. The van der Waals surface area contributed by atoms with E-state index in [-0.39, 0.29) is 6.54 Å². The standard InChI is InChI=1S/C11H16N2O5/c1-4-7-9(6(2)18-13-7)10(15)12-5-8(14)11(16)17-3/h8,14H,4-5H2,1-3H3,(H,12,15). The average molecular weight is 256 g/mol. The number of aliphatic hydroxyl groups excluding tert-OH is 1. The van der Waals surface area contributed by atoms with Gasteiger partial charge in [0.2, 0.25) is 0 Å². The number of esters is 1. The number of hydrogen-bond acceptors (Lipinski definition) is 6. The van der Waals surface area contributed by atoms with Gasteiger partial charge in [0.1, 0.15) is 11.3 Å². The molecule has 0 saturated carbocycles. The molecule has 1 aromatic heterocycles. The largest absolute Gasteiger partial charge is 0.467 e. The van der Waals surface area contributed by atoms with Gasteiger partial charge in [-0.1, -0.05) is 12.1 Å². The fourth-order valence-electron chi connectivity index (χ4n) is 1.45. The van der Waals surface area contributed by atoms with Crippen LogP contribution in [-0.2, 0) is 16.0 Å². The van der Waals surface area contributed by atoms with Crippen molar-refractivity contribution in [1.82, 2.24) is 10.5 Å². The van der Waals surface area contributed by atoms with Crippen molar-refractivity contribution in [2.24, 2.45) is 0 Å². The summed E-state index contributed by atoms with van der Waals surface area (Å²) in [5.74, 6) is -0.835. The van der Waals surface area contributed by atoms with Gasteiger partial charge in [-0.05, 0) is 13.3 Å². The summed E-state index contributed by atoms with van der Waals surface area (Å²) < 4.78 is 9.25. The van der Waals surface area contributed by atoms with Crippen molar-refractivity contribution >= 4 is 11.9 Å². The Labute approximate surface area is 104 Å². The van der Waals surface area contributed by atoms with E-state index in [1.165, 1.54) is 0 Å². The second-order valence-electron chi connectivity index (χ2n) is 3.66. The fourth-order valence-corrected chi connectivity index (χ4v) is 1.45. The van der Waals surface area contributed by atoms with Gasteiger partial charge >= 0.3 is 5.97 Å². The molecule has 1 amide bonds. The maximum absolute atomic E-state index is 11.8. The van der Waals surface area contributed by atoms with E-state index in [0.717, 1.165) is 7.11 Å². The van der Waals surface area contributed by atoms with E-state index in [9.17, 15) is 14.7 Å². The van der Waals surface area contributed by atoms with Crippen molar-refractivity contribution < 1.29 is 24.0 Å². The van der Waals surface area contributed by atoms with Crippen LogP contribution in [0.2, 0.25) is 0 Å². The summed E-state index contributed by atoms with van der Waals surface area (Å²) >= 11 is 0. The van der Waals surface area contributed by atoms with Crippen LogP contribution in [0.15, 0.2) is 4.52 Å². The SMILES string of the molecule is CCc1noc(C)c1C(=O)NCC(O)C(=O)OC. The minimum Gasteiger partial charge on any atom is -0.467 e. The van der Waals surface area contributed by atoms with Crippen molar-refractivity contribution in [3.05, 3.63) is 17.0 Å². The molecule has 2 N–H and O–H groups in total. The van der Waals surface area contributed by atoms with Crippen LogP contribution in [0.4, 0.5) is 0 Å². The molecule has 1 unspecified atom stereocenters. The Morgan fingerprint density at radius 3 is 2.78 bits per heavy atom. The van der Waals surface area contributed by atoms with Crippen LogP contribution >= 0.6 is 0 Å². The molecule has 7 heteroatoms. The first kappa shape index (κ1) is 14.2. The van der Waals surface area contributed by atoms with Crippen LogP contribution in [-0.4, -0.2) is 41.9 Å². The highest BCUT2D eigenvalue weighted by atomic mass is 16.5. The summed E-state index contributed by atoms with van der Waals surface area (Å²) in [5, 5.41) is 15.5. The number of aliphatic hydroxyl groups is 1. The summed E-state index contributed by atoms with van der Waals surface area (Å²) in [4.78, 5) is 22.8. The van der Waals surface area contributed by atoms with Crippen LogP contribution in [0.25, 0.3) is 0 Å². The number of ether oxygens (including phenoxy) is 1. The zero-order valence-corrected chi connectivity index (χ0v) is 10.5. The van der Waals surface area contributed by atoms with Crippen LogP contribution in [0.1, 0.15) is 28.7 Å². The first-order valence-electron chi connectivity index (χ1n) is 5.50. The van der Waals surface area contributed by atoms with Crippen LogP contribution in [0.5, 0.6) is 0 Å². The minimum atomic E-state index is -1.39. The number of aromatic nitrogens is 1. The zero-order chi connectivity index (χ0) is 13.7. The molecule has 0 aromatic carbocycles. The van der Waals surface area contributed by atoms with Crippen LogP contribution in [0, 0.1) is 6.92 Å². The van der Waals surface area contributed by atoms with Crippen LogP contribution < -0.4 is 5.32 Å². The molecule has 1 atom stereocenters. The number of amides is 1. The molecule has 1 heterocycles. The summed E-state index contributed by atoms with van der Waals surface area (Å²) in [6.07, 6.45) is -0.830. The molecule has 0 spiro atoms. The summed E-state index contributed by atoms with van der Waals surface area (Å²) in [6.45, 7) is 3.24. The highest BCUT2D eigenvalue weighted by Gasteiger charge is 2.21. The van der Waals surface area contributed by atoms with Gasteiger partial charge in [0.15, 0.2) is 6.10 Å². The van der Waals surface area contributed by atoms with Crippen molar-refractivity contribution in [2.75, 3.05) is 13.7 Å². The number of carbonyl (C=O) groups excluding carboxylic acids is 2. The Morgan fingerprint density at radius 2 is 2.22 bits per heavy atom. The highest BCUT2D eigenvalue weighted by molar-refractivity contribution is 5.96. The lowest BCUT2D eigenvalue weighted by Crippen LogP contribution is -2.37. The zero-order valence-electron chi connectivity index (χ0n) is 10.5. The van der Waals surface area contributed by atoms with E-state index >= 15 is 0 Å².